The Kier molecular flexibility index (Phi) is 4.27. The first-order valence-electron chi connectivity index (χ1n) is 8.96. The van der Waals surface area contributed by atoms with E-state index in [0.29, 0.717) is 12.8 Å². The van der Waals surface area contributed by atoms with E-state index in [9.17, 15) is 18.7 Å². The Bertz CT molecular complexity index is 826. The molecule has 2 aliphatic rings. The lowest BCUT2D eigenvalue weighted by Gasteiger charge is -2.36. The molecular formula is C21H21F2NO2. The van der Waals surface area contributed by atoms with Gasteiger partial charge in [-0.15, -0.1) is 0 Å². The summed E-state index contributed by atoms with van der Waals surface area (Å²) in [5.74, 6) is -1.94. The third-order valence-corrected chi connectivity index (χ3v) is 5.96. The maximum absolute atomic E-state index is 14.1. The van der Waals surface area contributed by atoms with E-state index >= 15 is 0 Å². The number of aliphatic hydroxyl groups is 1. The highest BCUT2D eigenvalue weighted by Gasteiger charge is 2.57. The highest BCUT2D eigenvalue weighted by molar-refractivity contribution is 5.95. The number of carbonyl (C=O) groups is 1. The third kappa shape index (κ3) is 2.71. The van der Waals surface area contributed by atoms with Gasteiger partial charge < -0.3 is 10.0 Å². The second-order valence-electron chi connectivity index (χ2n) is 7.47. The summed E-state index contributed by atoms with van der Waals surface area (Å²) in [7, 11) is 0. The van der Waals surface area contributed by atoms with Crippen LogP contribution in [0.2, 0.25) is 0 Å². The summed E-state index contributed by atoms with van der Waals surface area (Å²) in [5.41, 5.74) is 0.613. The van der Waals surface area contributed by atoms with Crippen LogP contribution in [0.3, 0.4) is 0 Å². The summed E-state index contributed by atoms with van der Waals surface area (Å²) in [6.45, 7) is -0.0151. The first-order chi connectivity index (χ1) is 12.5. The molecule has 2 saturated heterocycles. The summed E-state index contributed by atoms with van der Waals surface area (Å²) < 4.78 is 27.3. The number of halogens is 2. The third-order valence-electron chi connectivity index (χ3n) is 5.96. The minimum Gasteiger partial charge on any atom is -0.396 e. The highest BCUT2D eigenvalue weighted by atomic mass is 19.1. The molecule has 3 atom stereocenters. The number of aliphatic hydroxyl groups excluding tert-OH is 1. The topological polar surface area (TPSA) is 40.5 Å². The fraction of sp³-hybridized carbons (Fsp3) is 0.381. The van der Waals surface area contributed by atoms with Crippen molar-refractivity contribution in [1.29, 1.82) is 0 Å². The fourth-order valence-electron chi connectivity index (χ4n) is 4.82. The Morgan fingerprint density at radius 2 is 1.92 bits per heavy atom. The van der Waals surface area contributed by atoms with Crippen molar-refractivity contribution >= 4 is 5.91 Å². The van der Waals surface area contributed by atoms with Gasteiger partial charge in [0.1, 0.15) is 11.6 Å². The van der Waals surface area contributed by atoms with Crippen LogP contribution in [0.5, 0.6) is 0 Å². The Morgan fingerprint density at radius 1 is 1.15 bits per heavy atom. The predicted molar refractivity (Wildman–Crippen MR) is 93.6 cm³/mol. The second kappa shape index (κ2) is 6.47. The van der Waals surface area contributed by atoms with Crippen LogP contribution >= 0.6 is 0 Å². The van der Waals surface area contributed by atoms with Crippen molar-refractivity contribution in [2.75, 3.05) is 6.61 Å². The molecule has 0 unspecified atom stereocenters. The second-order valence-corrected chi connectivity index (χ2v) is 7.47. The molecular weight excluding hydrogens is 336 g/mol. The average Bonchev–Trinajstić information content (AvgIpc) is 3.18. The number of rotatable bonds is 4. The predicted octanol–water partition coefficient (Wildman–Crippen LogP) is 3.56. The smallest absolute Gasteiger partial charge is 0.257 e. The van der Waals surface area contributed by atoms with Gasteiger partial charge in [0.05, 0.1) is 12.2 Å². The van der Waals surface area contributed by atoms with Gasteiger partial charge in [-0.1, -0.05) is 30.3 Å². The monoisotopic (exact) mass is 357 g/mol. The van der Waals surface area contributed by atoms with Crippen LogP contribution in [-0.2, 0) is 6.42 Å². The van der Waals surface area contributed by atoms with Gasteiger partial charge in [-0.25, -0.2) is 8.78 Å². The van der Waals surface area contributed by atoms with Crippen molar-refractivity contribution in [2.24, 2.45) is 5.41 Å². The lowest BCUT2D eigenvalue weighted by molar-refractivity contribution is 0.0567. The standard InChI is InChI=1S/C21H21F2NO2/c22-15-6-8-17(18(23)10-15)20(26)24-16-7-9-19(24)21(12-16,13-25)11-14-4-2-1-3-5-14/h1-6,8,10,16,19,25H,7,9,11-13H2/t16-,19+,21-/m0/s1. The van der Waals surface area contributed by atoms with E-state index in [1.165, 1.54) is 6.07 Å². The van der Waals surface area contributed by atoms with Gasteiger partial charge in [0.15, 0.2) is 0 Å². The van der Waals surface area contributed by atoms with Gasteiger partial charge >= 0.3 is 0 Å². The first kappa shape index (κ1) is 17.2. The minimum absolute atomic E-state index is 0.00665. The molecule has 0 aromatic heterocycles. The van der Waals surface area contributed by atoms with Crippen LogP contribution < -0.4 is 0 Å². The molecule has 5 heteroatoms. The van der Waals surface area contributed by atoms with Gasteiger partial charge in [0, 0.05) is 23.6 Å². The SMILES string of the molecule is O=C(c1ccc(F)cc1F)N1[C@H]2CC[C@@H]1[C@@](CO)(Cc1ccccc1)C2. The Labute approximate surface area is 151 Å². The molecule has 0 radical (unpaired) electrons. The largest absolute Gasteiger partial charge is 0.396 e. The van der Waals surface area contributed by atoms with Gasteiger partial charge in [-0.3, -0.25) is 4.79 Å². The number of benzene rings is 2. The van der Waals surface area contributed by atoms with Gasteiger partial charge in [0.2, 0.25) is 0 Å². The summed E-state index contributed by atoms with van der Waals surface area (Å²) in [5, 5.41) is 10.2. The molecule has 0 spiro atoms. The maximum atomic E-state index is 14.1. The van der Waals surface area contributed by atoms with Crippen molar-refractivity contribution in [2.45, 2.75) is 37.8 Å². The molecule has 2 aliphatic heterocycles. The van der Waals surface area contributed by atoms with E-state index < -0.39 is 23.0 Å². The van der Waals surface area contributed by atoms with Gasteiger partial charge in [0.25, 0.3) is 5.91 Å². The van der Waals surface area contributed by atoms with Crippen molar-refractivity contribution < 1.29 is 18.7 Å². The minimum atomic E-state index is -0.834. The van der Waals surface area contributed by atoms with Crippen LogP contribution in [0.4, 0.5) is 8.78 Å². The number of carbonyl (C=O) groups excluding carboxylic acids is 1. The molecule has 2 bridgehead atoms. The Balaban J connectivity index is 1.64. The van der Waals surface area contributed by atoms with Crippen LogP contribution in [0.1, 0.15) is 35.2 Å². The van der Waals surface area contributed by atoms with Gasteiger partial charge in [-0.05, 0) is 43.4 Å². The van der Waals surface area contributed by atoms with Crippen LogP contribution in [0.25, 0.3) is 0 Å². The van der Waals surface area contributed by atoms with Crippen molar-refractivity contribution in [3.8, 4) is 0 Å². The summed E-state index contributed by atoms with van der Waals surface area (Å²) >= 11 is 0. The lowest BCUT2D eigenvalue weighted by Crippen LogP contribution is -2.44. The van der Waals surface area contributed by atoms with E-state index in [0.717, 1.165) is 30.5 Å². The van der Waals surface area contributed by atoms with E-state index in [1.54, 1.807) is 4.90 Å². The number of amides is 1. The van der Waals surface area contributed by atoms with Gasteiger partial charge in [-0.2, -0.15) is 0 Å². The van der Waals surface area contributed by atoms with E-state index in [2.05, 4.69) is 0 Å². The maximum Gasteiger partial charge on any atom is 0.257 e. The van der Waals surface area contributed by atoms with Crippen molar-refractivity contribution in [3.05, 3.63) is 71.3 Å². The van der Waals surface area contributed by atoms with Crippen LogP contribution in [0, 0.1) is 17.0 Å². The summed E-state index contributed by atoms with van der Waals surface area (Å²) in [6.07, 6.45) is 3.04. The molecule has 2 heterocycles. The number of hydrogen-bond donors (Lipinski definition) is 1. The molecule has 1 amide bonds. The highest BCUT2D eigenvalue weighted by Crippen LogP contribution is 2.51. The number of nitrogens with zero attached hydrogens (tertiary/aromatic N) is 1. The zero-order valence-corrected chi connectivity index (χ0v) is 14.4. The lowest BCUT2D eigenvalue weighted by atomic mass is 9.70. The molecule has 4 rings (SSSR count). The molecule has 2 fully saturated rings. The average molecular weight is 357 g/mol. The Morgan fingerprint density at radius 3 is 2.62 bits per heavy atom. The van der Waals surface area contributed by atoms with Crippen molar-refractivity contribution in [3.63, 3.8) is 0 Å². The molecule has 1 N–H and O–H groups in total. The Hall–Kier alpha value is -2.27. The molecule has 2 aromatic carbocycles. The number of fused-ring (bicyclic) bond motifs is 2. The molecule has 3 nitrogen and oxygen atoms in total. The van der Waals surface area contributed by atoms with Crippen LogP contribution in [0.15, 0.2) is 48.5 Å². The normalized spacial score (nSPS) is 27.1. The molecule has 0 aliphatic carbocycles. The molecule has 136 valence electrons. The van der Waals surface area contributed by atoms with E-state index in [4.69, 9.17) is 0 Å². The quantitative estimate of drug-likeness (QED) is 0.909. The summed E-state index contributed by atoms with van der Waals surface area (Å²) in [6, 6.07) is 12.8. The zero-order valence-electron chi connectivity index (χ0n) is 14.4. The number of hydrogen-bond acceptors (Lipinski definition) is 2. The van der Waals surface area contributed by atoms with Crippen molar-refractivity contribution in [1.82, 2.24) is 4.90 Å². The van der Waals surface area contributed by atoms with E-state index in [-0.39, 0.29) is 24.3 Å². The van der Waals surface area contributed by atoms with E-state index in [1.807, 2.05) is 30.3 Å². The zero-order chi connectivity index (χ0) is 18.3. The molecule has 2 aromatic rings. The first-order valence-corrected chi connectivity index (χ1v) is 8.96. The molecule has 26 heavy (non-hydrogen) atoms. The fourth-order valence-corrected chi connectivity index (χ4v) is 4.82. The summed E-state index contributed by atoms with van der Waals surface area (Å²) in [4.78, 5) is 14.7. The van der Waals surface area contributed by atoms with Crippen LogP contribution in [-0.4, -0.2) is 34.6 Å². The molecule has 0 saturated carbocycles.